The number of benzene rings is 1. The summed E-state index contributed by atoms with van der Waals surface area (Å²) in [5, 5.41) is 0. The maximum absolute atomic E-state index is 11.9. The van der Waals surface area contributed by atoms with E-state index in [9.17, 15) is 9.59 Å². The standard InChI is InChI=1S/C24H39NO5/c1-3-5-6-7-8-9-10-11-12-13-14-15-18-29-24(27)30-22-19-20(25)16-17-21(22)23(26)28-4-2/h16-17,19H,3-15,18,25H2,1-2H3. The normalized spacial score (nSPS) is 10.6. The van der Waals surface area contributed by atoms with Crippen LogP contribution in [0.2, 0.25) is 0 Å². The molecule has 0 saturated carbocycles. The van der Waals surface area contributed by atoms with E-state index in [-0.39, 0.29) is 17.9 Å². The Labute approximate surface area is 181 Å². The fourth-order valence-corrected chi connectivity index (χ4v) is 3.22. The van der Waals surface area contributed by atoms with Gasteiger partial charge in [0, 0.05) is 11.8 Å². The predicted molar refractivity (Wildman–Crippen MR) is 120 cm³/mol. The summed E-state index contributed by atoms with van der Waals surface area (Å²) in [5.74, 6) is -0.519. The van der Waals surface area contributed by atoms with Crippen LogP contribution in [0.4, 0.5) is 10.5 Å². The number of anilines is 1. The third-order valence-electron chi connectivity index (χ3n) is 4.91. The zero-order valence-electron chi connectivity index (χ0n) is 18.8. The molecule has 1 aromatic rings. The van der Waals surface area contributed by atoms with Crippen LogP contribution in [-0.4, -0.2) is 25.3 Å². The number of nitrogen functional groups attached to an aromatic ring is 1. The molecule has 0 aliphatic heterocycles. The summed E-state index contributed by atoms with van der Waals surface area (Å²) in [6, 6.07) is 4.44. The minimum atomic E-state index is -0.839. The molecule has 0 aromatic heterocycles. The number of esters is 1. The highest BCUT2D eigenvalue weighted by atomic mass is 16.7. The molecular weight excluding hydrogens is 382 g/mol. The molecule has 6 nitrogen and oxygen atoms in total. The molecule has 0 atom stereocenters. The number of hydrogen-bond donors (Lipinski definition) is 1. The van der Waals surface area contributed by atoms with Gasteiger partial charge in [-0.1, -0.05) is 77.6 Å². The first kappa shape index (κ1) is 25.8. The molecule has 0 heterocycles. The highest BCUT2D eigenvalue weighted by molar-refractivity contribution is 5.93. The van der Waals surface area contributed by atoms with Crippen LogP contribution in [0.1, 0.15) is 101 Å². The van der Waals surface area contributed by atoms with E-state index in [1.807, 2.05) is 0 Å². The molecule has 2 N–H and O–H groups in total. The first-order valence-electron chi connectivity index (χ1n) is 11.5. The van der Waals surface area contributed by atoms with Gasteiger partial charge in [0.1, 0.15) is 5.56 Å². The lowest BCUT2D eigenvalue weighted by atomic mass is 10.1. The maximum atomic E-state index is 11.9. The molecule has 0 radical (unpaired) electrons. The van der Waals surface area contributed by atoms with E-state index in [2.05, 4.69) is 6.92 Å². The summed E-state index contributed by atoms with van der Waals surface area (Å²) >= 11 is 0. The third-order valence-corrected chi connectivity index (χ3v) is 4.91. The first-order chi connectivity index (χ1) is 14.6. The topological polar surface area (TPSA) is 87.9 Å². The number of carbonyl (C=O) groups excluding carboxylic acids is 2. The van der Waals surface area contributed by atoms with Crippen LogP contribution in [0.3, 0.4) is 0 Å². The van der Waals surface area contributed by atoms with Crippen LogP contribution in [0.15, 0.2) is 18.2 Å². The van der Waals surface area contributed by atoms with Gasteiger partial charge in [-0.3, -0.25) is 0 Å². The minimum absolute atomic E-state index is 0.0492. The lowest BCUT2D eigenvalue weighted by molar-refractivity contribution is 0.0520. The van der Waals surface area contributed by atoms with Crippen molar-refractivity contribution in [3.05, 3.63) is 23.8 Å². The molecule has 6 heteroatoms. The Balaban J connectivity index is 2.13. The number of nitrogens with two attached hydrogens (primary N) is 1. The van der Waals surface area contributed by atoms with Crippen LogP contribution in [-0.2, 0) is 9.47 Å². The maximum Gasteiger partial charge on any atom is 0.513 e. The second-order valence-corrected chi connectivity index (χ2v) is 7.57. The van der Waals surface area contributed by atoms with Gasteiger partial charge in [-0.05, 0) is 25.5 Å². The van der Waals surface area contributed by atoms with Crippen molar-refractivity contribution >= 4 is 17.8 Å². The monoisotopic (exact) mass is 421 g/mol. The van der Waals surface area contributed by atoms with Gasteiger partial charge in [0.2, 0.25) is 0 Å². The summed E-state index contributed by atoms with van der Waals surface area (Å²) in [6.45, 7) is 4.48. The van der Waals surface area contributed by atoms with Gasteiger partial charge in [0.05, 0.1) is 13.2 Å². The summed E-state index contributed by atoms with van der Waals surface area (Å²) in [6.07, 6.45) is 14.1. The van der Waals surface area contributed by atoms with E-state index >= 15 is 0 Å². The Hall–Kier alpha value is -2.24. The van der Waals surface area contributed by atoms with E-state index in [1.54, 1.807) is 13.0 Å². The highest BCUT2D eigenvalue weighted by Gasteiger charge is 2.17. The zero-order valence-corrected chi connectivity index (χ0v) is 18.8. The molecule has 1 rings (SSSR count). The van der Waals surface area contributed by atoms with Gasteiger partial charge in [0.25, 0.3) is 0 Å². The second kappa shape index (κ2) is 16.5. The number of ether oxygens (including phenoxy) is 3. The molecule has 0 unspecified atom stereocenters. The zero-order chi connectivity index (χ0) is 22.0. The van der Waals surface area contributed by atoms with E-state index in [0.29, 0.717) is 12.3 Å². The van der Waals surface area contributed by atoms with Gasteiger partial charge in [-0.2, -0.15) is 0 Å². The highest BCUT2D eigenvalue weighted by Crippen LogP contribution is 2.23. The van der Waals surface area contributed by atoms with Crippen molar-refractivity contribution in [2.75, 3.05) is 18.9 Å². The summed E-state index contributed by atoms with van der Waals surface area (Å²) < 4.78 is 15.2. The van der Waals surface area contributed by atoms with Gasteiger partial charge < -0.3 is 19.9 Å². The minimum Gasteiger partial charge on any atom is -0.462 e. The second-order valence-electron chi connectivity index (χ2n) is 7.57. The van der Waals surface area contributed by atoms with Crippen molar-refractivity contribution in [1.82, 2.24) is 0 Å². The Morgan fingerprint density at radius 2 is 1.37 bits per heavy atom. The molecule has 170 valence electrons. The van der Waals surface area contributed by atoms with Crippen molar-refractivity contribution in [1.29, 1.82) is 0 Å². The van der Waals surface area contributed by atoms with Gasteiger partial charge >= 0.3 is 12.1 Å². The average molecular weight is 422 g/mol. The van der Waals surface area contributed by atoms with E-state index in [0.717, 1.165) is 19.3 Å². The predicted octanol–water partition coefficient (Wildman–Crippen LogP) is 6.66. The molecule has 1 aromatic carbocycles. The molecule has 0 fully saturated rings. The average Bonchev–Trinajstić information content (AvgIpc) is 2.71. The molecular formula is C24H39NO5. The lowest BCUT2D eigenvalue weighted by Crippen LogP contribution is -2.15. The number of carbonyl (C=O) groups is 2. The Bertz CT molecular complexity index is 618. The van der Waals surface area contributed by atoms with Gasteiger partial charge in [-0.15, -0.1) is 0 Å². The molecule has 0 spiro atoms. The lowest BCUT2D eigenvalue weighted by Gasteiger charge is -2.10. The number of unbranched alkanes of at least 4 members (excludes halogenated alkanes) is 11. The van der Waals surface area contributed by atoms with Crippen molar-refractivity contribution in [2.45, 2.75) is 90.9 Å². The Morgan fingerprint density at radius 3 is 1.93 bits per heavy atom. The van der Waals surface area contributed by atoms with Crippen LogP contribution < -0.4 is 10.5 Å². The number of hydrogen-bond acceptors (Lipinski definition) is 6. The molecule has 0 amide bonds. The molecule has 0 bridgehead atoms. The van der Waals surface area contributed by atoms with Crippen molar-refractivity contribution in [3.63, 3.8) is 0 Å². The molecule has 0 saturated heterocycles. The van der Waals surface area contributed by atoms with E-state index < -0.39 is 12.1 Å². The van der Waals surface area contributed by atoms with Crippen LogP contribution in [0.5, 0.6) is 5.75 Å². The smallest absolute Gasteiger partial charge is 0.462 e. The largest absolute Gasteiger partial charge is 0.513 e. The Morgan fingerprint density at radius 1 is 0.800 bits per heavy atom. The van der Waals surface area contributed by atoms with Crippen molar-refractivity contribution in [3.8, 4) is 5.75 Å². The van der Waals surface area contributed by atoms with E-state index in [1.165, 1.54) is 69.9 Å². The fraction of sp³-hybridized carbons (Fsp3) is 0.667. The third kappa shape index (κ3) is 11.7. The van der Waals surface area contributed by atoms with Crippen LogP contribution in [0.25, 0.3) is 0 Å². The summed E-state index contributed by atoms with van der Waals surface area (Å²) in [5.41, 5.74) is 6.25. The van der Waals surface area contributed by atoms with E-state index in [4.69, 9.17) is 19.9 Å². The van der Waals surface area contributed by atoms with Crippen molar-refractivity contribution < 1.29 is 23.8 Å². The Kier molecular flexibility index (Phi) is 14.2. The summed E-state index contributed by atoms with van der Waals surface area (Å²) in [7, 11) is 0. The van der Waals surface area contributed by atoms with Crippen molar-refractivity contribution in [2.24, 2.45) is 0 Å². The van der Waals surface area contributed by atoms with Crippen LogP contribution in [0, 0.1) is 0 Å². The van der Waals surface area contributed by atoms with Gasteiger partial charge in [0.15, 0.2) is 5.75 Å². The quantitative estimate of drug-likeness (QED) is 0.139. The number of rotatable bonds is 16. The first-order valence-corrected chi connectivity index (χ1v) is 11.5. The fourth-order valence-electron chi connectivity index (χ4n) is 3.22. The van der Waals surface area contributed by atoms with Gasteiger partial charge in [-0.25, -0.2) is 9.59 Å². The SMILES string of the molecule is CCCCCCCCCCCCCCOC(=O)Oc1cc(N)ccc1C(=O)OCC. The molecule has 30 heavy (non-hydrogen) atoms. The molecule has 0 aliphatic carbocycles. The van der Waals surface area contributed by atoms with Crippen LogP contribution >= 0.6 is 0 Å². The molecule has 0 aliphatic rings. The summed E-state index contributed by atoms with van der Waals surface area (Å²) in [4.78, 5) is 23.9.